The largest absolute Gasteiger partial charge is 0.459 e. The molecular weight excluding hydrogens is 358 g/mol. The summed E-state index contributed by atoms with van der Waals surface area (Å²) in [5.74, 6) is 0.922. The first kappa shape index (κ1) is 17.7. The molecule has 7 heteroatoms. The topological polar surface area (TPSA) is 89.0 Å². The lowest BCUT2D eigenvalue weighted by atomic mass is 10.0. The van der Waals surface area contributed by atoms with Crippen LogP contribution in [0, 0.1) is 10.1 Å². The Bertz CT molecular complexity index is 1070. The minimum atomic E-state index is -0.443. The summed E-state index contributed by atoms with van der Waals surface area (Å²) in [6, 6.07) is 19.2. The maximum Gasteiger partial charge on any atom is 0.270 e. The smallest absolute Gasteiger partial charge is 0.270 e. The molecule has 3 aromatic rings. The highest BCUT2D eigenvalue weighted by atomic mass is 16.6. The van der Waals surface area contributed by atoms with Crippen LogP contribution in [0.4, 0.5) is 5.69 Å². The number of hydrogen-bond donors (Lipinski definition) is 0. The summed E-state index contributed by atoms with van der Waals surface area (Å²) >= 11 is 0. The summed E-state index contributed by atoms with van der Waals surface area (Å²) in [6.45, 7) is 1.47. The van der Waals surface area contributed by atoms with Crippen LogP contribution in [0.15, 0.2) is 76.2 Å². The number of furan rings is 1. The molecule has 4 rings (SSSR count). The summed E-state index contributed by atoms with van der Waals surface area (Å²) in [4.78, 5) is 22.7. The van der Waals surface area contributed by atoms with Gasteiger partial charge in [0.2, 0.25) is 5.91 Å². The number of rotatable bonds is 4. The van der Waals surface area contributed by atoms with E-state index in [2.05, 4.69) is 5.10 Å². The standard InChI is InChI=1S/C21H17N3O4/c1-14(25)23-19(13-18(22-23)15-6-3-2-4-7-15)21-11-10-20(28-21)16-8-5-9-17(12-16)24(26)27/h2-12,19H,13H2,1H3. The Morgan fingerprint density at radius 2 is 1.86 bits per heavy atom. The zero-order valence-corrected chi connectivity index (χ0v) is 15.1. The molecule has 7 nitrogen and oxygen atoms in total. The fourth-order valence-corrected chi connectivity index (χ4v) is 3.29. The Labute approximate surface area is 161 Å². The van der Waals surface area contributed by atoms with Crippen molar-refractivity contribution in [1.29, 1.82) is 0 Å². The van der Waals surface area contributed by atoms with Crippen LogP contribution < -0.4 is 0 Å². The number of nitrogens with zero attached hydrogens (tertiary/aromatic N) is 3. The summed E-state index contributed by atoms with van der Waals surface area (Å²) in [5.41, 5.74) is 2.38. The summed E-state index contributed by atoms with van der Waals surface area (Å²) in [5, 5.41) is 16.9. The van der Waals surface area contributed by atoms with Gasteiger partial charge < -0.3 is 4.42 Å². The molecule has 0 aliphatic carbocycles. The minimum absolute atomic E-state index is 0.00336. The van der Waals surface area contributed by atoms with Gasteiger partial charge in [0.05, 0.1) is 10.6 Å². The van der Waals surface area contributed by atoms with E-state index in [9.17, 15) is 14.9 Å². The molecule has 0 radical (unpaired) electrons. The SMILES string of the molecule is CC(=O)N1N=C(c2ccccc2)CC1c1ccc(-c2cccc([N+](=O)[O-])c2)o1. The highest BCUT2D eigenvalue weighted by molar-refractivity contribution is 6.03. The van der Waals surface area contributed by atoms with Gasteiger partial charge in [0.15, 0.2) is 0 Å². The van der Waals surface area contributed by atoms with Crippen molar-refractivity contribution >= 4 is 17.3 Å². The lowest BCUT2D eigenvalue weighted by Gasteiger charge is -2.17. The van der Waals surface area contributed by atoms with Crippen LogP contribution >= 0.6 is 0 Å². The molecular formula is C21H17N3O4. The van der Waals surface area contributed by atoms with Gasteiger partial charge in [-0.25, -0.2) is 5.01 Å². The molecule has 0 spiro atoms. The molecule has 1 unspecified atom stereocenters. The predicted molar refractivity (Wildman–Crippen MR) is 104 cm³/mol. The summed E-state index contributed by atoms with van der Waals surface area (Å²) in [7, 11) is 0. The van der Waals surface area contributed by atoms with Crippen molar-refractivity contribution in [3.05, 3.63) is 88.2 Å². The van der Waals surface area contributed by atoms with E-state index in [1.165, 1.54) is 24.1 Å². The normalized spacial score (nSPS) is 16.1. The monoisotopic (exact) mass is 375 g/mol. The lowest BCUT2D eigenvalue weighted by molar-refractivity contribution is -0.384. The predicted octanol–water partition coefficient (Wildman–Crippen LogP) is 4.55. The fourth-order valence-electron chi connectivity index (χ4n) is 3.29. The molecule has 2 aromatic carbocycles. The third-order valence-electron chi connectivity index (χ3n) is 4.64. The minimum Gasteiger partial charge on any atom is -0.459 e. The molecule has 28 heavy (non-hydrogen) atoms. The van der Waals surface area contributed by atoms with Crippen molar-refractivity contribution in [2.75, 3.05) is 0 Å². The lowest BCUT2D eigenvalue weighted by Crippen LogP contribution is -2.23. The molecule has 2 heterocycles. The van der Waals surface area contributed by atoms with Crippen LogP contribution in [0.2, 0.25) is 0 Å². The Hall–Kier alpha value is -3.74. The molecule has 1 amide bonds. The van der Waals surface area contributed by atoms with E-state index in [0.717, 1.165) is 11.3 Å². The molecule has 0 saturated carbocycles. The number of non-ortho nitro benzene ring substituents is 1. The summed E-state index contributed by atoms with van der Waals surface area (Å²) in [6.07, 6.45) is 0.533. The average Bonchev–Trinajstić information content (AvgIpc) is 3.36. The highest BCUT2D eigenvalue weighted by Crippen LogP contribution is 2.36. The van der Waals surface area contributed by atoms with Crippen molar-refractivity contribution in [3.8, 4) is 11.3 Å². The first-order chi connectivity index (χ1) is 13.5. The van der Waals surface area contributed by atoms with E-state index < -0.39 is 4.92 Å². The van der Waals surface area contributed by atoms with Gasteiger partial charge >= 0.3 is 0 Å². The van der Waals surface area contributed by atoms with Crippen LogP contribution in [-0.4, -0.2) is 21.6 Å². The van der Waals surface area contributed by atoms with Gasteiger partial charge in [-0.3, -0.25) is 14.9 Å². The first-order valence-electron chi connectivity index (χ1n) is 8.80. The number of amides is 1. The number of nitro groups is 1. The number of benzene rings is 2. The average molecular weight is 375 g/mol. The van der Waals surface area contributed by atoms with E-state index in [1.54, 1.807) is 24.3 Å². The van der Waals surface area contributed by atoms with E-state index >= 15 is 0 Å². The first-order valence-corrected chi connectivity index (χ1v) is 8.80. The zero-order chi connectivity index (χ0) is 19.7. The van der Waals surface area contributed by atoms with Crippen LogP contribution in [-0.2, 0) is 4.79 Å². The van der Waals surface area contributed by atoms with Gasteiger partial charge in [-0.1, -0.05) is 42.5 Å². The number of carbonyl (C=O) groups is 1. The Morgan fingerprint density at radius 3 is 2.57 bits per heavy atom. The van der Waals surface area contributed by atoms with Gasteiger partial charge in [0, 0.05) is 31.0 Å². The van der Waals surface area contributed by atoms with E-state index in [4.69, 9.17) is 4.42 Å². The second-order valence-corrected chi connectivity index (χ2v) is 6.51. The van der Waals surface area contributed by atoms with Crippen molar-refractivity contribution < 1.29 is 14.1 Å². The van der Waals surface area contributed by atoms with E-state index in [1.807, 2.05) is 30.3 Å². The van der Waals surface area contributed by atoms with Crippen LogP contribution in [0.25, 0.3) is 11.3 Å². The van der Waals surface area contributed by atoms with Gasteiger partial charge in [0.1, 0.15) is 17.6 Å². The molecule has 0 N–H and O–H groups in total. The quantitative estimate of drug-likeness (QED) is 0.494. The van der Waals surface area contributed by atoms with Crippen LogP contribution in [0.1, 0.15) is 30.7 Å². The fraction of sp³-hybridized carbons (Fsp3) is 0.143. The molecule has 0 saturated heterocycles. The third kappa shape index (κ3) is 3.29. The van der Waals surface area contributed by atoms with Crippen molar-refractivity contribution in [1.82, 2.24) is 5.01 Å². The molecule has 1 aliphatic heterocycles. The number of hydrogen-bond acceptors (Lipinski definition) is 5. The maximum atomic E-state index is 12.1. The Morgan fingerprint density at radius 1 is 1.11 bits per heavy atom. The van der Waals surface area contributed by atoms with Gasteiger partial charge in [-0.2, -0.15) is 5.10 Å². The van der Waals surface area contributed by atoms with Crippen molar-refractivity contribution in [2.45, 2.75) is 19.4 Å². The number of nitro benzene ring substituents is 1. The molecule has 0 bridgehead atoms. The third-order valence-corrected chi connectivity index (χ3v) is 4.64. The molecule has 1 atom stereocenters. The van der Waals surface area contributed by atoms with Crippen molar-refractivity contribution in [2.24, 2.45) is 5.10 Å². The molecule has 1 aliphatic rings. The van der Waals surface area contributed by atoms with Crippen LogP contribution in [0.3, 0.4) is 0 Å². The highest BCUT2D eigenvalue weighted by Gasteiger charge is 2.33. The van der Waals surface area contributed by atoms with Crippen molar-refractivity contribution in [3.63, 3.8) is 0 Å². The van der Waals surface area contributed by atoms with Crippen LogP contribution in [0.5, 0.6) is 0 Å². The molecule has 140 valence electrons. The van der Waals surface area contributed by atoms with Gasteiger partial charge in [0.25, 0.3) is 5.69 Å². The number of carbonyl (C=O) groups excluding carboxylic acids is 1. The van der Waals surface area contributed by atoms with E-state index in [-0.39, 0.29) is 17.6 Å². The zero-order valence-electron chi connectivity index (χ0n) is 15.1. The van der Waals surface area contributed by atoms with Gasteiger partial charge in [-0.05, 0) is 17.7 Å². The molecule has 1 aromatic heterocycles. The maximum absolute atomic E-state index is 12.1. The number of hydrazone groups is 1. The second kappa shape index (κ2) is 7.11. The summed E-state index contributed by atoms with van der Waals surface area (Å²) < 4.78 is 5.96. The molecule has 0 fully saturated rings. The second-order valence-electron chi connectivity index (χ2n) is 6.51. The van der Waals surface area contributed by atoms with Gasteiger partial charge in [-0.15, -0.1) is 0 Å². The Kier molecular flexibility index (Phi) is 4.49. The van der Waals surface area contributed by atoms with E-state index in [0.29, 0.717) is 23.5 Å². The Balaban J connectivity index is 1.64.